The summed E-state index contributed by atoms with van der Waals surface area (Å²) in [7, 11) is 0. The third kappa shape index (κ3) is 3.00. The number of rotatable bonds is 4. The van der Waals surface area contributed by atoms with Crippen LogP contribution in [-0.2, 0) is 9.53 Å². The van der Waals surface area contributed by atoms with E-state index in [1.807, 2.05) is 0 Å². The van der Waals surface area contributed by atoms with Crippen LogP contribution in [0.25, 0.3) is 0 Å². The van der Waals surface area contributed by atoms with Gasteiger partial charge in [0, 0.05) is 6.54 Å². The second-order valence-corrected chi connectivity index (χ2v) is 4.48. The highest BCUT2D eigenvalue weighted by atomic mass is 19.1. The van der Waals surface area contributed by atoms with Crippen LogP contribution in [0.2, 0.25) is 0 Å². The highest BCUT2D eigenvalue weighted by Crippen LogP contribution is 2.15. The van der Waals surface area contributed by atoms with Gasteiger partial charge in [-0.1, -0.05) is 6.07 Å². The van der Waals surface area contributed by atoms with Gasteiger partial charge in [-0.25, -0.2) is 8.78 Å². The highest BCUT2D eigenvalue weighted by molar-refractivity contribution is 5.98. The van der Waals surface area contributed by atoms with Crippen LogP contribution in [0, 0.1) is 11.6 Å². The van der Waals surface area contributed by atoms with Crippen LogP contribution in [0.3, 0.4) is 0 Å². The second kappa shape index (κ2) is 6.06. The van der Waals surface area contributed by atoms with E-state index in [0.717, 1.165) is 12.1 Å². The van der Waals surface area contributed by atoms with Crippen molar-refractivity contribution in [2.45, 2.75) is 6.04 Å². The van der Waals surface area contributed by atoms with Gasteiger partial charge in [0.1, 0.15) is 17.7 Å². The van der Waals surface area contributed by atoms with Gasteiger partial charge in [0.25, 0.3) is 0 Å². The van der Waals surface area contributed by atoms with E-state index in [-0.39, 0.29) is 13.2 Å². The molecule has 0 saturated carbocycles. The zero-order chi connectivity index (χ0) is 14.7. The topological polar surface area (TPSA) is 72.6 Å². The molecule has 1 atom stereocenters. The van der Waals surface area contributed by atoms with Gasteiger partial charge in [-0.2, -0.15) is 0 Å². The van der Waals surface area contributed by atoms with Crippen LogP contribution >= 0.6 is 0 Å². The predicted molar refractivity (Wildman–Crippen MR) is 66.1 cm³/mol. The second-order valence-electron chi connectivity index (χ2n) is 4.48. The number of ketones is 1. The summed E-state index contributed by atoms with van der Waals surface area (Å²) in [4.78, 5) is 24.7. The minimum Gasteiger partial charge on any atom is -0.378 e. The van der Waals surface area contributed by atoms with Crippen molar-refractivity contribution >= 4 is 11.7 Å². The van der Waals surface area contributed by atoms with Gasteiger partial charge >= 0.3 is 0 Å². The standard InChI is InChI=1S/C13H14F2N2O3/c14-8-2-1-3-9(15)12(8)11(18)6-17-4-5-20-7-10(17)13(16)19/h1-3,10H,4-7H2,(H2,16,19). The molecule has 1 aromatic rings. The van der Waals surface area contributed by atoms with Gasteiger partial charge < -0.3 is 10.5 Å². The number of ether oxygens (including phenoxy) is 1. The number of primary amides is 1. The Bertz CT molecular complexity index is 516. The molecule has 1 unspecified atom stereocenters. The van der Waals surface area contributed by atoms with E-state index < -0.39 is 34.9 Å². The molecule has 1 amide bonds. The van der Waals surface area contributed by atoms with Crippen molar-refractivity contribution in [1.29, 1.82) is 0 Å². The van der Waals surface area contributed by atoms with E-state index in [4.69, 9.17) is 10.5 Å². The van der Waals surface area contributed by atoms with Gasteiger partial charge in [-0.05, 0) is 12.1 Å². The summed E-state index contributed by atoms with van der Waals surface area (Å²) in [5.74, 6) is -3.20. The summed E-state index contributed by atoms with van der Waals surface area (Å²) in [6.45, 7) is 0.420. The average Bonchev–Trinajstić information content (AvgIpc) is 2.38. The largest absolute Gasteiger partial charge is 0.378 e. The molecule has 5 nitrogen and oxygen atoms in total. The molecule has 0 radical (unpaired) electrons. The molecule has 1 fully saturated rings. The van der Waals surface area contributed by atoms with E-state index in [2.05, 4.69) is 0 Å². The molecule has 1 heterocycles. The number of halogens is 2. The molecule has 2 N–H and O–H groups in total. The molecule has 0 bridgehead atoms. The summed E-state index contributed by atoms with van der Waals surface area (Å²) in [5, 5.41) is 0. The number of carbonyl (C=O) groups is 2. The van der Waals surface area contributed by atoms with Crippen LogP contribution in [0.1, 0.15) is 10.4 Å². The molecule has 0 aromatic heterocycles. The smallest absolute Gasteiger partial charge is 0.237 e. The molecule has 0 spiro atoms. The van der Waals surface area contributed by atoms with Crippen LogP contribution < -0.4 is 5.73 Å². The van der Waals surface area contributed by atoms with Gasteiger partial charge in [-0.3, -0.25) is 14.5 Å². The lowest BCUT2D eigenvalue weighted by Gasteiger charge is -2.32. The number of amides is 1. The predicted octanol–water partition coefficient (Wildman–Crippen LogP) is 0.334. The molecule has 2 rings (SSSR count). The van der Waals surface area contributed by atoms with Gasteiger partial charge in [0.05, 0.1) is 25.3 Å². The molecule has 1 aliphatic heterocycles. The first-order valence-electron chi connectivity index (χ1n) is 6.09. The minimum atomic E-state index is -0.918. The van der Waals surface area contributed by atoms with Crippen molar-refractivity contribution in [3.8, 4) is 0 Å². The maximum atomic E-state index is 13.5. The number of morpholine rings is 1. The molecule has 1 aromatic carbocycles. The molecule has 0 aliphatic carbocycles. The molecule has 7 heteroatoms. The van der Waals surface area contributed by atoms with Crippen molar-refractivity contribution < 1.29 is 23.1 Å². The number of hydrogen-bond acceptors (Lipinski definition) is 4. The molecular formula is C13H14F2N2O3. The third-order valence-corrected chi connectivity index (χ3v) is 3.16. The third-order valence-electron chi connectivity index (χ3n) is 3.16. The molecular weight excluding hydrogens is 270 g/mol. The first-order chi connectivity index (χ1) is 9.50. The zero-order valence-electron chi connectivity index (χ0n) is 10.6. The first-order valence-corrected chi connectivity index (χ1v) is 6.09. The van der Waals surface area contributed by atoms with Crippen LogP contribution in [0.15, 0.2) is 18.2 Å². The average molecular weight is 284 g/mol. The Balaban J connectivity index is 2.16. The maximum absolute atomic E-state index is 13.5. The number of carbonyl (C=O) groups excluding carboxylic acids is 2. The Morgan fingerprint density at radius 3 is 2.60 bits per heavy atom. The minimum absolute atomic E-state index is 0.0718. The number of Topliss-reactive ketones (excluding diaryl/α,β-unsaturated/α-hetero) is 1. The molecule has 20 heavy (non-hydrogen) atoms. The molecule has 108 valence electrons. The summed E-state index contributed by atoms with van der Waals surface area (Å²) in [6, 6.07) is 2.45. The first kappa shape index (κ1) is 14.5. The van der Waals surface area contributed by atoms with E-state index in [1.54, 1.807) is 0 Å². The highest BCUT2D eigenvalue weighted by Gasteiger charge is 2.30. The fourth-order valence-electron chi connectivity index (χ4n) is 2.12. The number of nitrogens with two attached hydrogens (primary N) is 1. The van der Waals surface area contributed by atoms with Crippen molar-refractivity contribution in [2.75, 3.05) is 26.3 Å². The van der Waals surface area contributed by atoms with Crippen molar-refractivity contribution in [3.05, 3.63) is 35.4 Å². The van der Waals surface area contributed by atoms with E-state index >= 15 is 0 Å². The van der Waals surface area contributed by atoms with Crippen molar-refractivity contribution in [3.63, 3.8) is 0 Å². The fourth-order valence-corrected chi connectivity index (χ4v) is 2.12. The Kier molecular flexibility index (Phi) is 4.41. The summed E-state index contributed by atoms with van der Waals surface area (Å²) in [5.41, 5.74) is 4.62. The monoisotopic (exact) mass is 284 g/mol. The van der Waals surface area contributed by atoms with Crippen molar-refractivity contribution in [2.24, 2.45) is 5.73 Å². The SMILES string of the molecule is NC(=O)C1COCCN1CC(=O)c1c(F)cccc1F. The quantitative estimate of drug-likeness (QED) is 0.809. The van der Waals surface area contributed by atoms with E-state index in [9.17, 15) is 18.4 Å². The summed E-state index contributed by atoms with van der Waals surface area (Å²) < 4.78 is 32.1. The van der Waals surface area contributed by atoms with Gasteiger partial charge in [0.2, 0.25) is 5.91 Å². The van der Waals surface area contributed by atoms with E-state index in [0.29, 0.717) is 13.2 Å². The Morgan fingerprint density at radius 1 is 1.35 bits per heavy atom. The van der Waals surface area contributed by atoms with Crippen molar-refractivity contribution in [1.82, 2.24) is 4.90 Å². The fraction of sp³-hybridized carbons (Fsp3) is 0.385. The van der Waals surface area contributed by atoms with E-state index in [1.165, 1.54) is 11.0 Å². The van der Waals surface area contributed by atoms with Crippen LogP contribution in [-0.4, -0.2) is 48.9 Å². The van der Waals surface area contributed by atoms with Crippen LogP contribution in [0.4, 0.5) is 8.78 Å². The zero-order valence-corrected chi connectivity index (χ0v) is 10.6. The Labute approximate surface area is 114 Å². The maximum Gasteiger partial charge on any atom is 0.237 e. The summed E-state index contributed by atoms with van der Waals surface area (Å²) >= 11 is 0. The Hall–Kier alpha value is -1.86. The number of hydrogen-bond donors (Lipinski definition) is 1. The lowest BCUT2D eigenvalue weighted by molar-refractivity contribution is -0.128. The number of benzene rings is 1. The van der Waals surface area contributed by atoms with Crippen LogP contribution in [0.5, 0.6) is 0 Å². The van der Waals surface area contributed by atoms with Gasteiger partial charge in [-0.15, -0.1) is 0 Å². The lowest BCUT2D eigenvalue weighted by atomic mass is 10.1. The molecule has 1 aliphatic rings. The number of nitrogens with zero attached hydrogens (tertiary/aromatic N) is 1. The lowest BCUT2D eigenvalue weighted by Crippen LogP contribution is -2.53. The summed E-state index contributed by atoms with van der Waals surface area (Å²) in [6.07, 6.45) is 0. The normalized spacial score (nSPS) is 19.8. The Morgan fingerprint density at radius 2 is 2.00 bits per heavy atom. The van der Waals surface area contributed by atoms with Gasteiger partial charge in [0.15, 0.2) is 5.78 Å². The molecule has 1 saturated heterocycles.